The van der Waals surface area contributed by atoms with Crippen molar-refractivity contribution in [3.05, 3.63) is 0 Å². The van der Waals surface area contributed by atoms with Crippen molar-refractivity contribution in [2.24, 2.45) is 5.41 Å². The molecule has 5 heteroatoms. The third kappa shape index (κ3) is 2.95. The van der Waals surface area contributed by atoms with Crippen LogP contribution in [0.1, 0.15) is 20.8 Å². The van der Waals surface area contributed by atoms with Crippen LogP contribution in [-0.4, -0.2) is 34.9 Å². The van der Waals surface area contributed by atoms with E-state index in [9.17, 15) is 0 Å². The number of nitrogens with one attached hydrogen (secondary N) is 1. The molecular formula is C7H16NO2PSe. The molecule has 0 spiro atoms. The van der Waals surface area contributed by atoms with Gasteiger partial charge in [0, 0.05) is 0 Å². The van der Waals surface area contributed by atoms with Crippen molar-refractivity contribution in [3.8, 4) is 0 Å². The Labute approximate surface area is 81.6 Å². The standard InChI is InChI=1S/C7H16NO2PSe/c1-4-8-11(12)9-5-7(2,3)6-10-11/h4-6H2,1-3H3,(H,8,12). The second-order valence-corrected chi connectivity index (χ2v) is 8.57. The SMILES string of the molecule is CCNP1(=[Se])OCC(C)(C)CO1. The Hall–Kier alpha value is 0.829. The van der Waals surface area contributed by atoms with Crippen LogP contribution in [0.25, 0.3) is 0 Å². The van der Waals surface area contributed by atoms with E-state index in [1.54, 1.807) is 0 Å². The average molecular weight is 256 g/mol. The molecule has 0 atom stereocenters. The molecule has 1 aliphatic heterocycles. The fourth-order valence-electron chi connectivity index (χ4n) is 0.883. The van der Waals surface area contributed by atoms with E-state index < -0.39 is 6.11 Å². The van der Waals surface area contributed by atoms with Gasteiger partial charge >= 0.3 is 81.3 Å². The zero-order valence-electron chi connectivity index (χ0n) is 7.79. The fourth-order valence-corrected chi connectivity index (χ4v) is 4.04. The van der Waals surface area contributed by atoms with E-state index in [1.165, 1.54) is 0 Å². The summed E-state index contributed by atoms with van der Waals surface area (Å²) in [5, 5.41) is 3.21. The summed E-state index contributed by atoms with van der Waals surface area (Å²) in [4.78, 5) is 0. The third-order valence-electron chi connectivity index (χ3n) is 1.60. The summed E-state index contributed by atoms with van der Waals surface area (Å²) in [6.07, 6.45) is -1.82. The predicted molar refractivity (Wildman–Crippen MR) is 52.0 cm³/mol. The van der Waals surface area contributed by atoms with E-state index in [4.69, 9.17) is 9.05 Å². The molecule has 1 rings (SSSR count). The van der Waals surface area contributed by atoms with Crippen LogP contribution >= 0.6 is 6.11 Å². The zero-order valence-corrected chi connectivity index (χ0v) is 10.4. The molecule has 0 unspecified atom stereocenters. The van der Waals surface area contributed by atoms with Crippen LogP contribution in [0.5, 0.6) is 0 Å². The molecule has 1 saturated heterocycles. The van der Waals surface area contributed by atoms with E-state index >= 15 is 0 Å². The normalized spacial score (nSPS) is 26.9. The molecule has 12 heavy (non-hydrogen) atoms. The Morgan fingerprint density at radius 3 is 2.33 bits per heavy atom. The van der Waals surface area contributed by atoms with Crippen LogP contribution in [0, 0.1) is 5.41 Å². The summed E-state index contributed by atoms with van der Waals surface area (Å²) in [6, 6.07) is 0. The third-order valence-corrected chi connectivity index (χ3v) is 5.38. The Kier molecular flexibility index (Phi) is 3.56. The van der Waals surface area contributed by atoms with Gasteiger partial charge < -0.3 is 0 Å². The van der Waals surface area contributed by atoms with Gasteiger partial charge in [0.15, 0.2) is 0 Å². The molecule has 0 amide bonds. The Balaban J connectivity index is 2.50. The van der Waals surface area contributed by atoms with E-state index in [0.717, 1.165) is 19.8 Å². The number of rotatable bonds is 2. The van der Waals surface area contributed by atoms with Gasteiger partial charge in [-0.15, -0.1) is 0 Å². The van der Waals surface area contributed by atoms with Gasteiger partial charge in [-0.25, -0.2) is 0 Å². The van der Waals surface area contributed by atoms with Gasteiger partial charge in [-0.2, -0.15) is 0 Å². The monoisotopic (exact) mass is 257 g/mol. The Morgan fingerprint density at radius 1 is 1.42 bits per heavy atom. The minimum absolute atomic E-state index is 0.156. The quantitative estimate of drug-likeness (QED) is 0.600. The maximum atomic E-state index is 5.64. The van der Waals surface area contributed by atoms with E-state index in [0.29, 0.717) is 0 Å². The topological polar surface area (TPSA) is 30.5 Å². The van der Waals surface area contributed by atoms with Crippen molar-refractivity contribution in [2.45, 2.75) is 20.8 Å². The van der Waals surface area contributed by atoms with Crippen LogP contribution in [0.4, 0.5) is 0 Å². The van der Waals surface area contributed by atoms with E-state index in [2.05, 4.69) is 34.0 Å². The minimum atomic E-state index is -1.82. The summed E-state index contributed by atoms with van der Waals surface area (Å²) < 4.78 is 11.3. The molecule has 0 aromatic carbocycles. The van der Waals surface area contributed by atoms with E-state index in [-0.39, 0.29) is 5.41 Å². The molecule has 1 heterocycles. The van der Waals surface area contributed by atoms with Gasteiger partial charge in [-0.05, 0) is 0 Å². The van der Waals surface area contributed by atoms with Gasteiger partial charge in [-0.1, -0.05) is 0 Å². The van der Waals surface area contributed by atoms with Crippen molar-refractivity contribution >= 4 is 21.2 Å². The predicted octanol–water partition coefficient (Wildman–Crippen LogP) is 1.51. The molecule has 0 aromatic rings. The first kappa shape index (κ1) is 10.9. The second kappa shape index (κ2) is 3.91. The number of hydrogen-bond donors (Lipinski definition) is 1. The number of hydrogen-bond acceptors (Lipinski definition) is 3. The van der Waals surface area contributed by atoms with Crippen molar-refractivity contribution in [3.63, 3.8) is 0 Å². The summed E-state index contributed by atoms with van der Waals surface area (Å²) in [5.74, 6) is 0. The summed E-state index contributed by atoms with van der Waals surface area (Å²) in [6.45, 7) is 8.74. The van der Waals surface area contributed by atoms with Crippen molar-refractivity contribution < 1.29 is 9.05 Å². The molecule has 0 saturated carbocycles. The zero-order chi connectivity index (χ0) is 9.24. The van der Waals surface area contributed by atoms with Gasteiger partial charge in [-0.3, -0.25) is 0 Å². The molecular weight excluding hydrogens is 240 g/mol. The average Bonchev–Trinajstić information content (AvgIpc) is 1.98. The van der Waals surface area contributed by atoms with Crippen LogP contribution < -0.4 is 5.09 Å². The van der Waals surface area contributed by atoms with Crippen LogP contribution in [-0.2, 0) is 9.05 Å². The van der Waals surface area contributed by atoms with Crippen molar-refractivity contribution in [1.29, 1.82) is 0 Å². The van der Waals surface area contributed by atoms with E-state index in [1.807, 2.05) is 6.92 Å². The second-order valence-electron chi connectivity index (χ2n) is 3.72. The van der Waals surface area contributed by atoms with Gasteiger partial charge in [0.1, 0.15) is 0 Å². The van der Waals surface area contributed by atoms with Gasteiger partial charge in [0.25, 0.3) is 0 Å². The molecule has 1 aliphatic rings. The molecule has 1 fully saturated rings. The van der Waals surface area contributed by atoms with Crippen molar-refractivity contribution in [1.82, 2.24) is 5.09 Å². The first-order valence-electron chi connectivity index (χ1n) is 4.12. The molecule has 0 radical (unpaired) electrons. The molecule has 0 aromatic heterocycles. The fraction of sp³-hybridized carbons (Fsp3) is 1.00. The van der Waals surface area contributed by atoms with Crippen LogP contribution in [0.3, 0.4) is 0 Å². The maximum absolute atomic E-state index is 5.64. The van der Waals surface area contributed by atoms with Crippen molar-refractivity contribution in [2.75, 3.05) is 19.8 Å². The first-order chi connectivity index (χ1) is 5.47. The summed E-state index contributed by atoms with van der Waals surface area (Å²) in [5.41, 5.74) is 0.156. The summed E-state index contributed by atoms with van der Waals surface area (Å²) >= 11 is 2.99. The summed E-state index contributed by atoms with van der Waals surface area (Å²) in [7, 11) is 0. The Bertz CT molecular complexity index is 194. The molecule has 1 N–H and O–H groups in total. The first-order valence-corrected chi connectivity index (χ1v) is 7.96. The Morgan fingerprint density at radius 2 is 1.92 bits per heavy atom. The molecule has 3 nitrogen and oxygen atoms in total. The molecule has 72 valence electrons. The molecule has 0 bridgehead atoms. The van der Waals surface area contributed by atoms with Crippen LogP contribution in [0.2, 0.25) is 0 Å². The van der Waals surface area contributed by atoms with Crippen LogP contribution in [0.15, 0.2) is 0 Å². The van der Waals surface area contributed by atoms with Gasteiger partial charge in [0.2, 0.25) is 0 Å². The molecule has 0 aliphatic carbocycles. The van der Waals surface area contributed by atoms with Gasteiger partial charge in [0.05, 0.1) is 0 Å².